The molecule has 1 rings (SSSR count). The summed E-state index contributed by atoms with van der Waals surface area (Å²) in [6, 6.07) is 4.76. The van der Waals surface area contributed by atoms with Gasteiger partial charge in [0.2, 0.25) is 0 Å². The van der Waals surface area contributed by atoms with Gasteiger partial charge in [0.05, 0.1) is 5.60 Å². The van der Waals surface area contributed by atoms with E-state index in [9.17, 15) is 5.11 Å². The van der Waals surface area contributed by atoms with E-state index in [1.54, 1.807) is 0 Å². The first-order valence-corrected chi connectivity index (χ1v) is 8.25. The fourth-order valence-electron chi connectivity index (χ4n) is 2.21. The van der Waals surface area contributed by atoms with Gasteiger partial charge in [-0.15, -0.1) is 11.3 Å². The Hall–Kier alpha value is -0.380. The van der Waals surface area contributed by atoms with Crippen molar-refractivity contribution in [2.24, 2.45) is 5.92 Å². The summed E-state index contributed by atoms with van der Waals surface area (Å²) >= 11 is 1.82. The Kier molecular flexibility index (Phi) is 7.05. The fourth-order valence-corrected chi connectivity index (χ4v) is 2.97. The van der Waals surface area contributed by atoms with E-state index in [-0.39, 0.29) is 0 Å². The van der Waals surface area contributed by atoms with Gasteiger partial charge in [-0.25, -0.2) is 0 Å². The van der Waals surface area contributed by atoms with Crippen LogP contribution < -0.4 is 5.32 Å². The first-order chi connectivity index (χ1) is 8.88. The molecule has 0 saturated carbocycles. The van der Waals surface area contributed by atoms with E-state index >= 15 is 0 Å². The lowest BCUT2D eigenvalue weighted by molar-refractivity contribution is 0.0669. The smallest absolute Gasteiger partial charge is 0.0591 e. The second kappa shape index (κ2) is 8.03. The minimum atomic E-state index is -0.508. The average molecular weight is 283 g/mol. The lowest BCUT2D eigenvalue weighted by atomic mass is 9.95. The van der Waals surface area contributed by atoms with E-state index in [1.165, 1.54) is 17.7 Å². The number of nitrogens with one attached hydrogen (secondary N) is 1. The molecule has 19 heavy (non-hydrogen) atoms. The molecule has 2 nitrogen and oxygen atoms in total. The van der Waals surface area contributed by atoms with Crippen LogP contribution in [0, 0.1) is 5.92 Å². The van der Waals surface area contributed by atoms with E-state index in [1.807, 2.05) is 25.2 Å². The van der Waals surface area contributed by atoms with Crippen molar-refractivity contribution in [2.75, 3.05) is 6.54 Å². The zero-order valence-corrected chi connectivity index (χ0v) is 13.6. The van der Waals surface area contributed by atoms with Crippen molar-refractivity contribution in [1.82, 2.24) is 5.32 Å². The van der Waals surface area contributed by atoms with Crippen molar-refractivity contribution >= 4 is 11.3 Å². The highest BCUT2D eigenvalue weighted by Crippen LogP contribution is 2.20. The molecule has 0 aliphatic rings. The predicted octanol–water partition coefficient (Wildman–Crippen LogP) is 4.37. The molecule has 2 atom stereocenters. The predicted molar refractivity (Wildman–Crippen MR) is 84.7 cm³/mol. The molecule has 1 aromatic heterocycles. The monoisotopic (exact) mass is 283 g/mol. The molecule has 0 saturated heterocycles. The molecule has 0 spiro atoms. The molecule has 0 radical (unpaired) electrons. The lowest BCUT2D eigenvalue weighted by Crippen LogP contribution is -2.21. The number of thiophene rings is 1. The Morgan fingerprint density at radius 3 is 2.63 bits per heavy atom. The van der Waals surface area contributed by atoms with Crippen LogP contribution in [0.15, 0.2) is 17.5 Å². The standard InChI is InChI=1S/C16H29NOS/c1-13(7-5-10-16(3,4)18)9-11-17-14(2)15-8-6-12-19-15/h6,8,12-14,17-18H,5,7,9-11H2,1-4H3. The Bertz CT molecular complexity index is 329. The van der Waals surface area contributed by atoms with Crippen molar-refractivity contribution in [3.8, 4) is 0 Å². The SMILES string of the molecule is CC(CCCC(C)(C)O)CCNC(C)c1cccs1. The molecule has 0 fully saturated rings. The van der Waals surface area contributed by atoms with Crippen LogP contribution in [-0.4, -0.2) is 17.3 Å². The topological polar surface area (TPSA) is 32.3 Å². The first kappa shape index (κ1) is 16.7. The van der Waals surface area contributed by atoms with E-state index < -0.39 is 5.60 Å². The molecule has 1 aromatic rings. The summed E-state index contributed by atoms with van der Waals surface area (Å²) in [7, 11) is 0. The number of hydrogen-bond donors (Lipinski definition) is 2. The van der Waals surface area contributed by atoms with Crippen LogP contribution in [0.4, 0.5) is 0 Å². The molecule has 0 aliphatic carbocycles. The van der Waals surface area contributed by atoms with Crippen molar-refractivity contribution in [1.29, 1.82) is 0 Å². The minimum Gasteiger partial charge on any atom is -0.390 e. The molecule has 0 amide bonds. The van der Waals surface area contributed by atoms with Gasteiger partial charge >= 0.3 is 0 Å². The van der Waals surface area contributed by atoms with Crippen molar-refractivity contribution in [2.45, 2.75) is 65.0 Å². The fraction of sp³-hybridized carbons (Fsp3) is 0.750. The van der Waals surface area contributed by atoms with Gasteiger partial charge in [0, 0.05) is 10.9 Å². The van der Waals surface area contributed by atoms with Gasteiger partial charge in [-0.05, 0) is 57.5 Å². The molecular formula is C16H29NOS. The van der Waals surface area contributed by atoms with Crippen LogP contribution in [0.5, 0.6) is 0 Å². The second-order valence-corrected chi connectivity index (χ2v) is 7.27. The van der Waals surface area contributed by atoms with Crippen LogP contribution in [0.1, 0.15) is 64.3 Å². The van der Waals surface area contributed by atoms with Gasteiger partial charge in [0.1, 0.15) is 0 Å². The molecule has 0 aromatic carbocycles. The van der Waals surface area contributed by atoms with Crippen LogP contribution in [0.2, 0.25) is 0 Å². The third-order valence-electron chi connectivity index (χ3n) is 3.54. The van der Waals surface area contributed by atoms with Crippen molar-refractivity contribution in [3.05, 3.63) is 22.4 Å². The third-order valence-corrected chi connectivity index (χ3v) is 4.60. The van der Waals surface area contributed by atoms with Gasteiger partial charge in [0.25, 0.3) is 0 Å². The van der Waals surface area contributed by atoms with Crippen LogP contribution in [-0.2, 0) is 0 Å². The highest BCUT2D eigenvalue weighted by Gasteiger charge is 2.13. The molecule has 2 unspecified atom stereocenters. The summed E-state index contributed by atoms with van der Waals surface area (Å²) in [5.74, 6) is 0.727. The van der Waals surface area contributed by atoms with Crippen LogP contribution in [0.3, 0.4) is 0 Å². The van der Waals surface area contributed by atoms with E-state index in [2.05, 4.69) is 36.7 Å². The van der Waals surface area contributed by atoms with Gasteiger partial charge < -0.3 is 10.4 Å². The highest BCUT2D eigenvalue weighted by molar-refractivity contribution is 7.10. The molecule has 3 heteroatoms. The third kappa shape index (κ3) is 7.71. The largest absolute Gasteiger partial charge is 0.390 e. The molecule has 1 heterocycles. The Labute approximate surface area is 122 Å². The van der Waals surface area contributed by atoms with Gasteiger partial charge in [0.15, 0.2) is 0 Å². The normalized spacial score (nSPS) is 15.4. The summed E-state index contributed by atoms with van der Waals surface area (Å²) in [4.78, 5) is 1.41. The highest BCUT2D eigenvalue weighted by atomic mass is 32.1. The zero-order chi connectivity index (χ0) is 14.3. The van der Waals surface area contributed by atoms with Crippen LogP contribution >= 0.6 is 11.3 Å². The molecule has 0 bridgehead atoms. The van der Waals surface area contributed by atoms with E-state index in [0.29, 0.717) is 6.04 Å². The van der Waals surface area contributed by atoms with Gasteiger partial charge in [-0.1, -0.05) is 25.8 Å². The van der Waals surface area contributed by atoms with Crippen LogP contribution in [0.25, 0.3) is 0 Å². The summed E-state index contributed by atoms with van der Waals surface area (Å²) in [5, 5.41) is 15.4. The molecule has 110 valence electrons. The Morgan fingerprint density at radius 1 is 1.32 bits per heavy atom. The number of rotatable bonds is 9. The molecular weight excluding hydrogens is 254 g/mol. The summed E-state index contributed by atoms with van der Waals surface area (Å²) in [5.41, 5.74) is -0.508. The second-order valence-electron chi connectivity index (χ2n) is 6.29. The first-order valence-electron chi connectivity index (χ1n) is 7.37. The van der Waals surface area contributed by atoms with Crippen molar-refractivity contribution < 1.29 is 5.11 Å². The maximum Gasteiger partial charge on any atom is 0.0591 e. The zero-order valence-electron chi connectivity index (χ0n) is 12.8. The Morgan fingerprint density at radius 2 is 2.05 bits per heavy atom. The molecule has 0 aliphatic heterocycles. The molecule has 2 N–H and O–H groups in total. The van der Waals surface area contributed by atoms with Gasteiger partial charge in [-0.2, -0.15) is 0 Å². The minimum absolute atomic E-state index is 0.462. The van der Waals surface area contributed by atoms with Gasteiger partial charge in [-0.3, -0.25) is 0 Å². The maximum absolute atomic E-state index is 9.67. The quantitative estimate of drug-likeness (QED) is 0.705. The summed E-state index contributed by atoms with van der Waals surface area (Å²) < 4.78 is 0. The Balaban J connectivity index is 2.08. The number of hydrogen-bond acceptors (Lipinski definition) is 3. The summed E-state index contributed by atoms with van der Waals surface area (Å²) in [6.07, 6.45) is 4.43. The van der Waals surface area contributed by atoms with Crippen molar-refractivity contribution in [3.63, 3.8) is 0 Å². The lowest BCUT2D eigenvalue weighted by Gasteiger charge is -2.19. The maximum atomic E-state index is 9.67. The number of aliphatic hydroxyl groups is 1. The average Bonchev–Trinajstić information content (AvgIpc) is 2.80. The van der Waals surface area contributed by atoms with E-state index in [0.717, 1.165) is 25.3 Å². The van der Waals surface area contributed by atoms with E-state index in [4.69, 9.17) is 0 Å². The summed E-state index contributed by atoms with van der Waals surface area (Å²) in [6.45, 7) is 9.39.